The summed E-state index contributed by atoms with van der Waals surface area (Å²) in [5.74, 6) is 0.529. The molecule has 0 aliphatic carbocycles. The van der Waals surface area contributed by atoms with Crippen molar-refractivity contribution in [3.05, 3.63) is 21.4 Å². The maximum atomic E-state index is 13.0. The Morgan fingerprint density at radius 1 is 1.24 bits per heavy atom. The number of amidine groups is 1. The zero-order chi connectivity index (χ0) is 21.2. The highest BCUT2D eigenvalue weighted by Crippen LogP contribution is 2.35. The monoisotopic (exact) mass is 420 g/mol. The normalized spacial score (nSPS) is 13.2. The second-order valence-corrected chi connectivity index (χ2v) is 8.41. The Bertz CT molecular complexity index is 764. The number of amides is 2. The van der Waals surface area contributed by atoms with Crippen molar-refractivity contribution in [2.45, 2.75) is 58.8 Å². The third kappa shape index (κ3) is 7.20. The minimum absolute atomic E-state index is 0.0561. The molecule has 0 aromatic carbocycles. The van der Waals surface area contributed by atoms with E-state index in [0.717, 1.165) is 62.2 Å². The van der Waals surface area contributed by atoms with Crippen LogP contribution in [-0.2, 0) is 11.2 Å². The average molecular weight is 421 g/mol. The van der Waals surface area contributed by atoms with E-state index in [4.69, 9.17) is 10.8 Å². The van der Waals surface area contributed by atoms with Crippen molar-refractivity contribution in [3.8, 4) is 0 Å². The van der Waals surface area contributed by atoms with Crippen LogP contribution in [0, 0.1) is 0 Å². The molecule has 0 atom stereocenters. The Balaban J connectivity index is 2.04. The third-order valence-corrected chi connectivity index (χ3v) is 5.79. The number of nitrogens with two attached hydrogens (primary N) is 1. The fraction of sp³-hybridized carbons (Fsp3) is 0.571. The Hall–Kier alpha value is -2.35. The number of aliphatic imine (C=N–C) groups is 1. The van der Waals surface area contributed by atoms with Crippen molar-refractivity contribution >= 4 is 40.9 Å². The van der Waals surface area contributed by atoms with Crippen molar-refractivity contribution in [2.75, 3.05) is 19.6 Å². The van der Waals surface area contributed by atoms with E-state index in [-0.39, 0.29) is 5.91 Å². The summed E-state index contributed by atoms with van der Waals surface area (Å²) in [5.41, 5.74) is 7.65. The molecule has 1 aromatic heterocycles. The van der Waals surface area contributed by atoms with Gasteiger partial charge < -0.3 is 21.1 Å². The number of thiophene rings is 1. The Morgan fingerprint density at radius 2 is 1.97 bits per heavy atom. The number of carbonyl (C=O) groups is 2. The van der Waals surface area contributed by atoms with Crippen LogP contribution < -0.4 is 11.1 Å². The van der Waals surface area contributed by atoms with Crippen molar-refractivity contribution in [2.24, 2.45) is 10.7 Å². The van der Waals surface area contributed by atoms with Gasteiger partial charge in [-0.25, -0.2) is 9.79 Å². The molecule has 1 aliphatic heterocycles. The van der Waals surface area contributed by atoms with Gasteiger partial charge in [0.1, 0.15) is 5.84 Å². The minimum Gasteiger partial charge on any atom is -0.465 e. The quantitative estimate of drug-likeness (QED) is 0.467. The van der Waals surface area contributed by atoms with Crippen LogP contribution in [0.3, 0.4) is 0 Å². The van der Waals surface area contributed by atoms with Gasteiger partial charge in [0.15, 0.2) is 0 Å². The van der Waals surface area contributed by atoms with Crippen molar-refractivity contribution in [1.82, 2.24) is 10.2 Å². The molecular weight excluding hydrogens is 388 g/mol. The van der Waals surface area contributed by atoms with Gasteiger partial charge >= 0.3 is 6.09 Å². The van der Waals surface area contributed by atoms with Crippen LogP contribution >= 0.6 is 11.3 Å². The van der Waals surface area contributed by atoms with E-state index in [1.54, 1.807) is 11.3 Å². The molecule has 0 radical (unpaired) electrons. The molecule has 0 spiro atoms. The highest BCUT2D eigenvalue weighted by atomic mass is 32.1. The molecule has 2 amide bonds. The summed E-state index contributed by atoms with van der Waals surface area (Å²) in [6.07, 6.45) is 6.91. The molecule has 1 aromatic rings. The zero-order valence-electron chi connectivity index (χ0n) is 17.4. The fourth-order valence-electron chi connectivity index (χ4n) is 3.35. The first-order valence-corrected chi connectivity index (χ1v) is 11.2. The first-order valence-electron chi connectivity index (χ1n) is 10.4. The molecule has 0 unspecified atom stereocenters. The van der Waals surface area contributed by atoms with Crippen molar-refractivity contribution in [1.29, 1.82) is 0 Å². The Morgan fingerprint density at radius 3 is 2.62 bits per heavy atom. The lowest BCUT2D eigenvalue weighted by Gasteiger charge is -2.22. The van der Waals surface area contributed by atoms with E-state index in [1.807, 2.05) is 11.0 Å². The highest BCUT2D eigenvalue weighted by Gasteiger charge is 2.21. The number of carbonyl (C=O) groups excluding carboxylic acids is 1. The first kappa shape index (κ1) is 22.9. The molecule has 160 valence electrons. The van der Waals surface area contributed by atoms with Gasteiger partial charge in [-0.3, -0.25) is 4.79 Å². The summed E-state index contributed by atoms with van der Waals surface area (Å²) in [7, 11) is 0. The van der Waals surface area contributed by atoms with Crippen molar-refractivity contribution in [3.63, 3.8) is 0 Å². The summed E-state index contributed by atoms with van der Waals surface area (Å²) in [6, 6.07) is 2.06. The van der Waals surface area contributed by atoms with E-state index in [2.05, 4.69) is 30.2 Å². The number of rotatable bonds is 11. The Labute approximate surface area is 176 Å². The van der Waals surface area contributed by atoms with Crippen LogP contribution in [0.2, 0.25) is 0 Å². The summed E-state index contributed by atoms with van der Waals surface area (Å²) in [5, 5.41) is 11.0. The first-order chi connectivity index (χ1) is 13.9. The number of hydrogen-bond donors (Lipinski definition) is 3. The molecule has 8 heteroatoms. The summed E-state index contributed by atoms with van der Waals surface area (Å²) in [6.45, 7) is 6.14. The second kappa shape index (κ2) is 11.6. The lowest BCUT2D eigenvalue weighted by atomic mass is 10.1. The predicted octanol–water partition coefficient (Wildman–Crippen LogP) is 4.15. The van der Waals surface area contributed by atoms with Gasteiger partial charge in [0.05, 0.1) is 10.6 Å². The number of unbranched alkanes of at least 4 members (excludes halogenated alkanes) is 2. The maximum absolute atomic E-state index is 13.0. The molecule has 2 rings (SSSR count). The topological polar surface area (TPSA) is 108 Å². The maximum Gasteiger partial charge on any atom is 0.404 e. The van der Waals surface area contributed by atoms with Crippen LogP contribution in [0.25, 0.3) is 6.08 Å². The summed E-state index contributed by atoms with van der Waals surface area (Å²) < 4.78 is 0. The van der Waals surface area contributed by atoms with E-state index >= 15 is 0 Å². The summed E-state index contributed by atoms with van der Waals surface area (Å²) in [4.78, 5) is 32.1. The van der Waals surface area contributed by atoms with Gasteiger partial charge in [-0.05, 0) is 44.2 Å². The van der Waals surface area contributed by atoms with Gasteiger partial charge in [0.25, 0.3) is 0 Å². The average Bonchev–Trinajstić information content (AvgIpc) is 2.96. The predicted molar refractivity (Wildman–Crippen MR) is 119 cm³/mol. The van der Waals surface area contributed by atoms with E-state index < -0.39 is 6.09 Å². The van der Waals surface area contributed by atoms with Crippen LogP contribution in [0.15, 0.2) is 16.6 Å². The molecule has 7 nitrogen and oxygen atoms in total. The van der Waals surface area contributed by atoms with Gasteiger partial charge in [-0.2, -0.15) is 0 Å². The lowest BCUT2D eigenvalue weighted by Crippen LogP contribution is -2.34. The lowest BCUT2D eigenvalue weighted by molar-refractivity contribution is -0.127. The smallest absolute Gasteiger partial charge is 0.404 e. The molecule has 29 heavy (non-hydrogen) atoms. The molecule has 2 heterocycles. The number of nitrogens with zero attached hydrogens (tertiary/aromatic N) is 2. The summed E-state index contributed by atoms with van der Waals surface area (Å²) >= 11 is 1.66. The van der Waals surface area contributed by atoms with E-state index in [9.17, 15) is 9.59 Å². The van der Waals surface area contributed by atoms with Gasteiger partial charge in [-0.1, -0.05) is 20.3 Å². The number of hydrogen-bond acceptors (Lipinski definition) is 5. The number of fused-ring (bicyclic) bond motifs is 1. The fourth-order valence-corrected chi connectivity index (χ4v) is 4.46. The van der Waals surface area contributed by atoms with Crippen LogP contribution in [0.5, 0.6) is 0 Å². The molecular formula is C21H32N4O3S. The number of carboxylic acid groups (broad SMARTS) is 1. The molecule has 4 N–H and O–H groups in total. The minimum atomic E-state index is -0.976. The third-order valence-electron chi connectivity index (χ3n) is 4.66. The highest BCUT2D eigenvalue weighted by molar-refractivity contribution is 7.13. The standard InChI is InChI=1S/C21H32N4O3S/c1-3-10-25(11-4-2)20(26)15-12-18-17(24-19(22)13-15)14-16(29-18)8-6-5-7-9-23-21(27)28/h12,14,23H,3-11,13H2,1-2H3,(H2,22,24)(H,27,28). The second-order valence-electron chi connectivity index (χ2n) is 7.25. The van der Waals surface area contributed by atoms with Crippen molar-refractivity contribution < 1.29 is 14.7 Å². The van der Waals surface area contributed by atoms with E-state index in [0.29, 0.717) is 24.4 Å². The van der Waals surface area contributed by atoms with Crippen LogP contribution in [0.1, 0.15) is 62.1 Å². The molecule has 0 saturated heterocycles. The Kier molecular flexibility index (Phi) is 9.18. The van der Waals surface area contributed by atoms with Crippen LogP contribution in [-0.4, -0.2) is 47.5 Å². The van der Waals surface area contributed by atoms with Gasteiger partial charge in [0, 0.05) is 36.5 Å². The molecule has 0 saturated carbocycles. The van der Waals surface area contributed by atoms with E-state index in [1.165, 1.54) is 4.88 Å². The van der Waals surface area contributed by atoms with Gasteiger partial charge in [0.2, 0.25) is 5.91 Å². The van der Waals surface area contributed by atoms with Crippen LogP contribution in [0.4, 0.5) is 10.5 Å². The zero-order valence-corrected chi connectivity index (χ0v) is 18.2. The SMILES string of the molecule is CCCN(CCC)C(=O)C1=Cc2sc(CCCCCNC(=O)O)cc2N=C(N)C1. The number of nitrogens with one attached hydrogen (secondary N) is 1. The number of aryl methyl sites for hydroxylation is 1. The molecule has 0 bridgehead atoms. The largest absolute Gasteiger partial charge is 0.465 e. The van der Waals surface area contributed by atoms with Gasteiger partial charge in [-0.15, -0.1) is 11.3 Å². The molecule has 0 fully saturated rings. The molecule has 1 aliphatic rings.